The first-order valence-electron chi connectivity index (χ1n) is 12.8. The molecular formula is C29H40ClI4N8NaO10S4V2-2. The van der Waals surface area contributed by atoms with Crippen molar-refractivity contribution in [3.05, 3.63) is 121 Å². The Morgan fingerprint density at radius 1 is 0.695 bits per heavy atom. The number of anilines is 1. The summed E-state index contributed by atoms with van der Waals surface area (Å²) in [6.07, 6.45) is 10.1. The third-order valence-electron chi connectivity index (χ3n) is 4.51. The van der Waals surface area contributed by atoms with Gasteiger partial charge in [0.25, 0.3) is 17.1 Å². The Kier molecular flexibility index (Phi) is 61.2. The zero-order chi connectivity index (χ0) is 41.9. The molecule has 30 heteroatoms. The number of halogens is 5. The number of nitrogen functional groups attached to an aromatic ring is 1. The molecule has 59 heavy (non-hydrogen) atoms. The van der Waals surface area contributed by atoms with Crippen LogP contribution in [0.4, 0.5) is 22.7 Å². The van der Waals surface area contributed by atoms with Gasteiger partial charge in [-0.3, -0.25) is 35.3 Å². The molecule has 0 bridgehead atoms. The summed E-state index contributed by atoms with van der Waals surface area (Å²) in [7, 11) is -6.57. The number of hydrogen-bond acceptors (Lipinski definition) is 17. The predicted molar refractivity (Wildman–Crippen MR) is 263 cm³/mol. The van der Waals surface area contributed by atoms with Gasteiger partial charge in [0.05, 0.1) is 31.7 Å². The monoisotopic (exact) mass is 1460 g/mol. The molecule has 0 aliphatic rings. The average Bonchev–Trinajstić information content (AvgIpc) is 3.10. The number of nitro groups is 3. The Labute approximate surface area is 461 Å². The maximum Gasteiger partial charge on any atom is 1.00 e. The smallest absolute Gasteiger partial charge is 0.796 e. The van der Waals surface area contributed by atoms with E-state index in [-0.39, 0.29) is 121 Å². The largest absolute Gasteiger partial charge is 1.00 e. The fourth-order valence-electron chi connectivity index (χ4n) is 2.39. The molecule has 0 aliphatic carbocycles. The van der Waals surface area contributed by atoms with E-state index in [9.17, 15) is 47.2 Å². The third-order valence-corrected chi connectivity index (χ3v) is 7.40. The number of hydrogen-bond donors (Lipinski definition) is 1. The Morgan fingerprint density at radius 2 is 1.00 bits per heavy atom. The molecule has 4 rings (SSSR count). The van der Waals surface area contributed by atoms with Crippen LogP contribution < -0.4 is 35.3 Å². The van der Waals surface area contributed by atoms with Crippen molar-refractivity contribution in [2.45, 2.75) is 29.9 Å². The number of alkyl halides is 3. The number of aromatic nitrogens is 4. The standard InChI is InChI=1S/C6H6N2O4S.C6H8N2O2S.C6H6N2O2S.C5H3ClN2O2.CHI3.CH2I.CH4S.2CH4.CH3.Na.2V/c1-13(11,12)6-3-2-5(4-7-6)8(9)10;1-11(9,10)6-3-2-5(7)4-8-6;1-11-6-3-2-5(4-7-6)8(9)10;6-5-2-1-4(3-7-5)8(9)10;2-1(3)4;2*1-2;;;;;;/h2-4H,1H3;2-4H,7H2,1H3;2-4H,1H3;1-3H;1H;1H2;2H,1H3;2*1H4;1H3;;;/q;;;;;-1;;;;-1;+1;;/p-1. The summed E-state index contributed by atoms with van der Waals surface area (Å²) in [4.78, 5) is 46.4. The normalized spacial score (nSPS) is 8.75. The number of nitrogens with zero attached hydrogens (tertiary/aromatic N) is 7. The number of pyridine rings is 4. The molecule has 4 aromatic rings. The van der Waals surface area contributed by atoms with Gasteiger partial charge in [0.2, 0.25) is 0 Å². The van der Waals surface area contributed by atoms with Gasteiger partial charge in [0, 0.05) is 67.8 Å². The van der Waals surface area contributed by atoms with Crippen molar-refractivity contribution in [2.75, 3.05) is 30.8 Å². The summed E-state index contributed by atoms with van der Waals surface area (Å²) in [5.41, 5.74) is 5.52. The van der Waals surface area contributed by atoms with Crippen LogP contribution in [0.2, 0.25) is 5.15 Å². The fourth-order valence-corrected chi connectivity index (χ4v) is 3.98. The van der Waals surface area contributed by atoms with Crippen molar-refractivity contribution in [3.8, 4) is 0 Å². The maximum absolute atomic E-state index is 10.9. The van der Waals surface area contributed by atoms with Crippen LogP contribution in [0, 0.1) is 42.7 Å². The molecule has 0 spiro atoms. The van der Waals surface area contributed by atoms with Gasteiger partial charge in [-0.1, -0.05) is 94.2 Å². The minimum Gasteiger partial charge on any atom is -0.796 e. The second-order valence-electron chi connectivity index (χ2n) is 8.25. The van der Waals surface area contributed by atoms with Gasteiger partial charge in [-0.15, -0.1) is 11.8 Å². The molecule has 2 radical (unpaired) electrons. The van der Waals surface area contributed by atoms with Crippen molar-refractivity contribution in [1.29, 1.82) is 0 Å². The van der Waals surface area contributed by atoms with Gasteiger partial charge in [-0.25, -0.2) is 36.8 Å². The van der Waals surface area contributed by atoms with Crippen LogP contribution in [0.5, 0.6) is 0 Å². The van der Waals surface area contributed by atoms with Gasteiger partial charge >= 0.3 is 29.6 Å². The molecule has 4 aromatic heterocycles. The molecule has 0 unspecified atom stereocenters. The van der Waals surface area contributed by atoms with E-state index in [1.165, 1.54) is 54.5 Å². The molecule has 0 fully saturated rings. The Bertz CT molecular complexity index is 1910. The van der Waals surface area contributed by atoms with Crippen LogP contribution in [0.15, 0.2) is 88.4 Å². The van der Waals surface area contributed by atoms with Gasteiger partial charge in [-0.05, 0) is 36.6 Å². The molecule has 0 aliphatic heterocycles. The quantitative estimate of drug-likeness (QED) is 0.0249. The molecule has 0 amide bonds. The number of rotatable bonds is 6. The predicted octanol–water partition coefficient (Wildman–Crippen LogP) is 6.49. The van der Waals surface area contributed by atoms with Crippen LogP contribution in [0.25, 0.3) is 0 Å². The maximum atomic E-state index is 10.9. The summed E-state index contributed by atoms with van der Waals surface area (Å²) in [6, 6.07) is 10.8. The van der Waals surface area contributed by atoms with E-state index in [2.05, 4.69) is 105 Å². The molecule has 0 atom stereocenters. The van der Waals surface area contributed by atoms with Crippen LogP contribution in [0.3, 0.4) is 0 Å². The van der Waals surface area contributed by atoms with Gasteiger partial charge in [0.15, 0.2) is 29.7 Å². The number of nitrogens with two attached hydrogens (primary N) is 1. The van der Waals surface area contributed by atoms with Gasteiger partial charge in [-0.2, -0.15) is 6.26 Å². The summed E-state index contributed by atoms with van der Waals surface area (Å²) < 4.78 is 44.2. The minimum absolute atomic E-state index is 0. The van der Waals surface area contributed by atoms with E-state index < -0.39 is 34.4 Å². The van der Waals surface area contributed by atoms with Crippen LogP contribution in [0.1, 0.15) is 14.9 Å². The van der Waals surface area contributed by atoms with E-state index in [1.807, 2.05) is 28.8 Å². The second-order valence-corrected chi connectivity index (χ2v) is 24.3. The molecular weight excluding hydrogens is 1420 g/mol. The first-order chi connectivity index (χ1) is 24.6. The SMILES string of the molecule is C.C.CS(=O)(=O)c1ccc(N)cn1.CS(=O)(=O)c1ccc([N+](=O)[O-])cn1.CSc1ccc([N+](=O)[O-])cn1.C[S-].IC(I)I.O=[N+]([O-])c1ccc(Cl)nc1.[CH2-]I.[CH3-].[Na+].[V].[V]. The average molecular weight is 1460 g/mol. The van der Waals surface area contributed by atoms with Crippen molar-refractivity contribution in [2.24, 2.45) is 0 Å². The van der Waals surface area contributed by atoms with E-state index in [4.69, 9.17) is 17.3 Å². The Morgan fingerprint density at radius 3 is 1.22 bits per heavy atom. The summed E-state index contributed by atoms with van der Waals surface area (Å²) in [6.45, 7) is 0. The van der Waals surface area contributed by atoms with Crippen molar-refractivity contribution >= 4 is 169 Å². The van der Waals surface area contributed by atoms with E-state index in [1.54, 1.807) is 12.3 Å². The number of thioether (sulfide) groups is 1. The molecule has 4 heterocycles. The number of sulfone groups is 2. The Balaban J connectivity index is -0.0000000739. The van der Waals surface area contributed by atoms with E-state index in [0.717, 1.165) is 42.0 Å². The van der Waals surface area contributed by atoms with Crippen LogP contribution in [-0.4, -0.2) is 76.5 Å². The van der Waals surface area contributed by atoms with Crippen molar-refractivity contribution in [1.82, 2.24) is 19.9 Å². The minimum atomic E-state index is -3.38. The molecule has 2 N–H and O–H groups in total. The molecule has 18 nitrogen and oxygen atoms in total. The molecule has 0 saturated heterocycles. The fraction of sp³-hybridized carbons (Fsp3) is 0.241. The molecule has 328 valence electrons. The zero-order valence-corrected chi connectivity index (χ0v) is 47.9. The molecule has 0 aromatic carbocycles. The molecule has 0 saturated carbocycles. The van der Waals surface area contributed by atoms with Gasteiger partial charge in [0.1, 0.15) is 23.7 Å². The van der Waals surface area contributed by atoms with E-state index >= 15 is 0 Å². The second kappa shape index (κ2) is 45.2. The summed E-state index contributed by atoms with van der Waals surface area (Å²) in [5, 5.41) is 31.3. The van der Waals surface area contributed by atoms with Crippen LogP contribution in [-0.2, 0) is 69.4 Å². The first-order valence-corrected chi connectivity index (χ1v) is 24.3. The first kappa shape index (κ1) is 79.9. The van der Waals surface area contributed by atoms with Crippen molar-refractivity contribution in [3.63, 3.8) is 0 Å². The Hall–Kier alpha value is 0.579. The van der Waals surface area contributed by atoms with Gasteiger partial charge < -0.3 is 48.4 Å². The topological polar surface area (TPSA) is 275 Å². The summed E-state index contributed by atoms with van der Waals surface area (Å²) in [5.74, 6) is 0. The van der Waals surface area contributed by atoms with Crippen molar-refractivity contribution < 1.29 is 98.3 Å². The van der Waals surface area contributed by atoms with Crippen LogP contribution >= 0.6 is 114 Å². The zero-order valence-electron chi connectivity index (χ0n) is 30.4. The van der Waals surface area contributed by atoms with E-state index in [0.29, 0.717) is 5.69 Å². The summed E-state index contributed by atoms with van der Waals surface area (Å²) >= 11 is 19.8. The third kappa shape index (κ3) is 42.3.